The van der Waals surface area contributed by atoms with E-state index in [0.29, 0.717) is 43.5 Å². The highest BCUT2D eigenvalue weighted by Crippen LogP contribution is 2.35. The molecule has 1 saturated heterocycles. The minimum Gasteiger partial charge on any atom is -0.468 e. The van der Waals surface area contributed by atoms with Gasteiger partial charge in [-0.05, 0) is 38.1 Å². The van der Waals surface area contributed by atoms with Crippen LogP contribution in [-0.2, 0) is 19.6 Å². The molecule has 1 aromatic carbocycles. The first-order valence-corrected chi connectivity index (χ1v) is 15.6. The average Bonchev–Trinajstić information content (AvgIpc) is 3.73. The Kier molecular flexibility index (Phi) is 8.36. The summed E-state index contributed by atoms with van der Waals surface area (Å²) < 4.78 is 33.0. The molecule has 214 valence electrons. The Hall–Kier alpha value is -3.13. The number of aromatic nitrogens is 2. The standard InChI is InChI=1S/C27H34N6O5S2/c1-17(30-25-22-6-4-5-21(20(22)9-10-28-25)24(35)19-7-8-19)16-32-11-13-33(14-12-32)40(36,37)26-18(2)31-27(39-26)29-15-23(34)38-3/h4-6,9-10,17,19H,7-8,11-16H2,1-3H3,(H,28,30)(H,29,31)/t17-/m0/s1. The van der Waals surface area contributed by atoms with Crippen molar-refractivity contribution in [2.45, 2.75) is 36.9 Å². The largest absolute Gasteiger partial charge is 0.468 e. The predicted molar refractivity (Wildman–Crippen MR) is 154 cm³/mol. The highest BCUT2D eigenvalue weighted by molar-refractivity contribution is 7.91. The van der Waals surface area contributed by atoms with Gasteiger partial charge < -0.3 is 15.4 Å². The maximum atomic E-state index is 13.3. The fourth-order valence-electron chi connectivity index (χ4n) is 4.96. The zero-order chi connectivity index (χ0) is 28.4. The first-order chi connectivity index (χ1) is 19.2. The number of hydrogen-bond donors (Lipinski definition) is 2. The van der Waals surface area contributed by atoms with Crippen LogP contribution < -0.4 is 10.6 Å². The molecule has 1 aliphatic heterocycles. The van der Waals surface area contributed by atoms with E-state index < -0.39 is 16.0 Å². The van der Waals surface area contributed by atoms with Crippen LogP contribution in [0.25, 0.3) is 10.8 Å². The van der Waals surface area contributed by atoms with E-state index in [9.17, 15) is 18.0 Å². The van der Waals surface area contributed by atoms with Gasteiger partial charge >= 0.3 is 5.97 Å². The van der Waals surface area contributed by atoms with Crippen LogP contribution in [0.3, 0.4) is 0 Å². The second-order valence-corrected chi connectivity index (χ2v) is 13.4. The van der Waals surface area contributed by atoms with Crippen LogP contribution in [-0.4, -0.2) is 91.8 Å². The summed E-state index contributed by atoms with van der Waals surface area (Å²) >= 11 is 1.02. The molecule has 0 radical (unpaired) electrons. The summed E-state index contributed by atoms with van der Waals surface area (Å²) in [5.74, 6) is 0.656. The molecule has 11 nitrogen and oxygen atoms in total. The van der Waals surface area contributed by atoms with E-state index in [4.69, 9.17) is 0 Å². The summed E-state index contributed by atoms with van der Waals surface area (Å²) in [5.41, 5.74) is 1.17. The lowest BCUT2D eigenvalue weighted by molar-refractivity contribution is -0.138. The lowest BCUT2D eigenvalue weighted by Gasteiger charge is -2.35. The third-order valence-electron chi connectivity index (χ3n) is 7.21. The van der Waals surface area contributed by atoms with E-state index in [1.165, 1.54) is 11.4 Å². The number of ketones is 1. The molecule has 0 bridgehead atoms. The number of Topliss-reactive ketones (excluding diaryl/α,β-unsaturated/α-hetero) is 1. The van der Waals surface area contributed by atoms with Gasteiger partial charge in [0, 0.05) is 61.8 Å². The van der Waals surface area contributed by atoms with E-state index in [1.807, 2.05) is 24.3 Å². The molecule has 1 aliphatic carbocycles. The summed E-state index contributed by atoms with van der Waals surface area (Å²) in [4.78, 5) is 35.2. The van der Waals surface area contributed by atoms with Gasteiger partial charge in [0.2, 0.25) is 0 Å². The Labute approximate surface area is 238 Å². The number of ether oxygens (including phenoxy) is 1. The Bertz CT molecular complexity index is 1510. The van der Waals surface area contributed by atoms with Crippen molar-refractivity contribution in [3.8, 4) is 0 Å². The van der Waals surface area contributed by atoms with Gasteiger partial charge in [0.05, 0.1) is 12.8 Å². The number of thiazole rings is 1. The Morgan fingerprint density at radius 2 is 1.90 bits per heavy atom. The molecule has 2 aromatic heterocycles. The number of methoxy groups -OCH3 is 1. The number of aryl methyl sites for hydroxylation is 1. The van der Waals surface area contributed by atoms with Crippen molar-refractivity contribution in [3.63, 3.8) is 0 Å². The minimum atomic E-state index is -3.70. The van der Waals surface area contributed by atoms with E-state index in [-0.39, 0.29) is 28.5 Å². The molecular weight excluding hydrogens is 552 g/mol. The molecule has 2 fully saturated rings. The maximum absolute atomic E-state index is 13.3. The van der Waals surface area contributed by atoms with Crippen molar-refractivity contribution in [1.29, 1.82) is 0 Å². The molecule has 1 atom stereocenters. The Morgan fingerprint density at radius 1 is 1.15 bits per heavy atom. The molecule has 0 amide bonds. The number of sulfonamides is 1. The molecule has 1 saturated carbocycles. The summed E-state index contributed by atoms with van der Waals surface area (Å²) in [6, 6.07) is 7.76. The van der Waals surface area contributed by atoms with Crippen LogP contribution in [0, 0.1) is 12.8 Å². The maximum Gasteiger partial charge on any atom is 0.325 e. The lowest BCUT2D eigenvalue weighted by Crippen LogP contribution is -2.50. The number of rotatable bonds is 11. The van der Waals surface area contributed by atoms with Crippen molar-refractivity contribution in [2.75, 3.05) is 57.0 Å². The van der Waals surface area contributed by atoms with Crippen molar-refractivity contribution in [1.82, 2.24) is 19.2 Å². The molecule has 3 aromatic rings. The monoisotopic (exact) mass is 586 g/mol. The van der Waals surface area contributed by atoms with Crippen LogP contribution in [0.2, 0.25) is 0 Å². The number of pyridine rings is 1. The Morgan fingerprint density at radius 3 is 2.60 bits per heavy atom. The third kappa shape index (κ3) is 6.12. The fourth-order valence-corrected chi connectivity index (χ4v) is 7.92. The number of benzene rings is 1. The number of nitrogens with one attached hydrogen (secondary N) is 2. The molecule has 3 heterocycles. The van der Waals surface area contributed by atoms with Gasteiger partial charge in [-0.25, -0.2) is 18.4 Å². The van der Waals surface area contributed by atoms with Crippen LogP contribution in [0.15, 0.2) is 34.7 Å². The number of anilines is 2. The van der Waals surface area contributed by atoms with Gasteiger partial charge in [-0.2, -0.15) is 4.31 Å². The van der Waals surface area contributed by atoms with E-state index in [2.05, 4.69) is 37.2 Å². The van der Waals surface area contributed by atoms with Gasteiger partial charge in [-0.15, -0.1) is 0 Å². The van der Waals surface area contributed by atoms with Gasteiger partial charge in [-0.1, -0.05) is 29.5 Å². The number of carbonyl (C=O) groups excluding carboxylic acids is 2. The number of hydrogen-bond acceptors (Lipinski definition) is 11. The van der Waals surface area contributed by atoms with Crippen molar-refractivity contribution >= 4 is 54.8 Å². The second-order valence-electron chi connectivity index (χ2n) is 10.3. The average molecular weight is 587 g/mol. The molecule has 2 aliphatic rings. The molecule has 5 rings (SSSR count). The molecular formula is C27H34N6O5S2. The number of piperazine rings is 1. The van der Waals surface area contributed by atoms with Crippen molar-refractivity contribution in [2.24, 2.45) is 5.92 Å². The zero-order valence-electron chi connectivity index (χ0n) is 22.8. The zero-order valence-corrected chi connectivity index (χ0v) is 24.5. The van der Waals surface area contributed by atoms with Gasteiger partial charge in [0.1, 0.15) is 12.4 Å². The first kappa shape index (κ1) is 28.4. The molecule has 13 heteroatoms. The smallest absolute Gasteiger partial charge is 0.325 e. The quantitative estimate of drug-likeness (QED) is 0.255. The van der Waals surface area contributed by atoms with E-state index in [0.717, 1.165) is 46.3 Å². The Balaban J connectivity index is 1.18. The van der Waals surface area contributed by atoms with Crippen molar-refractivity contribution in [3.05, 3.63) is 41.7 Å². The topological polar surface area (TPSA) is 134 Å². The van der Waals surface area contributed by atoms with Crippen LogP contribution in [0.1, 0.15) is 35.8 Å². The van der Waals surface area contributed by atoms with Gasteiger partial charge in [-0.3, -0.25) is 14.5 Å². The highest BCUT2D eigenvalue weighted by atomic mass is 32.2. The SMILES string of the molecule is COC(=O)CNc1nc(C)c(S(=O)(=O)N2CCN(C[C@H](C)Nc3nccc4c(C(=O)C5CC5)cccc34)CC2)s1. The first-order valence-electron chi connectivity index (χ1n) is 13.4. The van der Waals surface area contributed by atoms with Gasteiger partial charge in [0.25, 0.3) is 10.0 Å². The number of carbonyl (C=O) groups is 2. The lowest BCUT2D eigenvalue weighted by atomic mass is 10.00. The number of nitrogens with zero attached hydrogens (tertiary/aromatic N) is 4. The molecule has 40 heavy (non-hydrogen) atoms. The second kappa shape index (κ2) is 11.8. The molecule has 0 spiro atoms. The summed E-state index contributed by atoms with van der Waals surface area (Å²) in [6.45, 7) is 6.30. The molecule has 0 unspecified atom stereocenters. The predicted octanol–water partition coefficient (Wildman–Crippen LogP) is 2.98. The van der Waals surface area contributed by atoms with Crippen molar-refractivity contribution < 1.29 is 22.7 Å². The van der Waals surface area contributed by atoms with E-state index in [1.54, 1.807) is 13.1 Å². The van der Waals surface area contributed by atoms with E-state index >= 15 is 0 Å². The molecule has 2 N–H and O–H groups in total. The number of fused-ring (bicyclic) bond motifs is 1. The van der Waals surface area contributed by atoms with Gasteiger partial charge in [0.15, 0.2) is 15.1 Å². The minimum absolute atomic E-state index is 0.0521. The highest BCUT2D eigenvalue weighted by Gasteiger charge is 2.33. The van der Waals surface area contributed by atoms with Crippen LogP contribution in [0.5, 0.6) is 0 Å². The summed E-state index contributed by atoms with van der Waals surface area (Å²) in [7, 11) is -2.41. The summed E-state index contributed by atoms with van der Waals surface area (Å²) in [6.07, 6.45) is 3.68. The number of esters is 1. The van der Waals surface area contributed by atoms with Crippen LogP contribution >= 0.6 is 11.3 Å². The normalized spacial score (nSPS) is 17.5. The summed E-state index contributed by atoms with van der Waals surface area (Å²) in [5, 5.41) is 8.54. The third-order valence-corrected chi connectivity index (χ3v) is 10.8. The van der Waals surface area contributed by atoms with Crippen LogP contribution in [0.4, 0.5) is 10.9 Å². The fraction of sp³-hybridized carbons (Fsp3) is 0.481.